The van der Waals surface area contributed by atoms with Gasteiger partial charge in [0.2, 0.25) is 0 Å². The third kappa shape index (κ3) is 4.48. The highest BCUT2D eigenvalue weighted by Crippen LogP contribution is 2.24. The van der Waals surface area contributed by atoms with Crippen molar-refractivity contribution in [3.63, 3.8) is 0 Å². The van der Waals surface area contributed by atoms with Gasteiger partial charge in [0.25, 0.3) is 5.91 Å². The summed E-state index contributed by atoms with van der Waals surface area (Å²) in [6.45, 7) is 6.00. The summed E-state index contributed by atoms with van der Waals surface area (Å²) in [5, 5.41) is 14.1. The van der Waals surface area contributed by atoms with Crippen molar-refractivity contribution in [2.24, 2.45) is 0 Å². The largest absolute Gasteiger partial charge is 0.379 e. The number of aryl methyl sites for hydroxylation is 2. The molecule has 0 radical (unpaired) electrons. The molecule has 2 N–H and O–H groups in total. The van der Waals surface area contributed by atoms with Crippen LogP contribution >= 0.6 is 0 Å². The molecule has 1 aromatic heterocycles. The van der Waals surface area contributed by atoms with Crippen molar-refractivity contribution in [1.82, 2.24) is 15.2 Å². The molecule has 1 aliphatic rings. The summed E-state index contributed by atoms with van der Waals surface area (Å²) < 4.78 is 0. The SMILES string of the molecule is Cc1cccc(CN2CCCC(O)(CNCc3cccc(C)n3)C2=O)c1. The maximum absolute atomic E-state index is 12.9. The van der Waals surface area contributed by atoms with E-state index in [-0.39, 0.29) is 12.5 Å². The van der Waals surface area contributed by atoms with Gasteiger partial charge in [-0.3, -0.25) is 9.78 Å². The Hall–Kier alpha value is -2.24. The van der Waals surface area contributed by atoms with E-state index in [1.807, 2.05) is 50.2 Å². The standard InChI is InChI=1S/C21H27N3O2/c1-16-6-3-8-18(12-16)14-24-11-5-10-21(26,20(24)25)15-22-13-19-9-4-7-17(2)23-19/h3-4,6-9,12,22,26H,5,10-11,13-15H2,1-2H3. The molecule has 0 aliphatic carbocycles. The van der Waals surface area contributed by atoms with Crippen LogP contribution in [0.2, 0.25) is 0 Å². The van der Waals surface area contributed by atoms with Crippen LogP contribution in [-0.2, 0) is 17.9 Å². The normalized spacial score (nSPS) is 20.4. The lowest BCUT2D eigenvalue weighted by molar-refractivity contribution is -0.157. The first-order valence-corrected chi connectivity index (χ1v) is 9.17. The van der Waals surface area contributed by atoms with Crippen LogP contribution < -0.4 is 5.32 Å². The van der Waals surface area contributed by atoms with E-state index in [0.29, 0.717) is 26.1 Å². The molecular formula is C21H27N3O2. The predicted molar refractivity (Wildman–Crippen MR) is 101 cm³/mol. The minimum atomic E-state index is -1.34. The topological polar surface area (TPSA) is 65.5 Å². The van der Waals surface area contributed by atoms with Crippen LogP contribution in [0.1, 0.15) is 35.4 Å². The van der Waals surface area contributed by atoms with Gasteiger partial charge in [-0.05, 0) is 44.4 Å². The summed E-state index contributed by atoms with van der Waals surface area (Å²) >= 11 is 0. The van der Waals surface area contributed by atoms with Crippen LogP contribution in [-0.4, -0.2) is 39.6 Å². The number of nitrogens with zero attached hydrogens (tertiary/aromatic N) is 2. The third-order valence-corrected chi connectivity index (χ3v) is 4.83. The zero-order valence-electron chi connectivity index (χ0n) is 15.5. The molecule has 5 heteroatoms. The number of benzene rings is 1. The quantitative estimate of drug-likeness (QED) is 0.837. The van der Waals surface area contributed by atoms with E-state index >= 15 is 0 Å². The molecule has 0 bridgehead atoms. The molecule has 2 heterocycles. The lowest BCUT2D eigenvalue weighted by atomic mass is 9.91. The fourth-order valence-electron chi connectivity index (χ4n) is 3.51. The number of piperidine rings is 1. The summed E-state index contributed by atoms with van der Waals surface area (Å²) in [5.74, 6) is -0.185. The Balaban J connectivity index is 1.60. The zero-order chi connectivity index (χ0) is 18.6. The van der Waals surface area contributed by atoms with Crippen LogP contribution in [0, 0.1) is 13.8 Å². The van der Waals surface area contributed by atoms with Crippen LogP contribution in [0.5, 0.6) is 0 Å². The molecule has 0 spiro atoms. The highest BCUT2D eigenvalue weighted by molar-refractivity contribution is 5.86. The summed E-state index contributed by atoms with van der Waals surface area (Å²) in [7, 11) is 0. The highest BCUT2D eigenvalue weighted by Gasteiger charge is 2.41. The average molecular weight is 353 g/mol. The van der Waals surface area contributed by atoms with E-state index in [1.54, 1.807) is 4.90 Å². The second-order valence-electron chi connectivity index (χ2n) is 7.22. The van der Waals surface area contributed by atoms with Crippen molar-refractivity contribution in [1.29, 1.82) is 0 Å². The van der Waals surface area contributed by atoms with Crippen molar-refractivity contribution in [3.8, 4) is 0 Å². The molecule has 1 aliphatic heterocycles. The van der Waals surface area contributed by atoms with E-state index in [1.165, 1.54) is 5.56 Å². The molecule has 1 amide bonds. The van der Waals surface area contributed by atoms with Crippen molar-refractivity contribution >= 4 is 5.91 Å². The lowest BCUT2D eigenvalue weighted by Crippen LogP contribution is -2.57. The summed E-state index contributed by atoms with van der Waals surface area (Å²) in [6, 6.07) is 14.0. The van der Waals surface area contributed by atoms with E-state index in [2.05, 4.69) is 16.4 Å². The predicted octanol–water partition coefficient (Wildman–Crippen LogP) is 2.34. The zero-order valence-corrected chi connectivity index (χ0v) is 15.5. The number of hydrogen-bond acceptors (Lipinski definition) is 4. The first kappa shape index (κ1) is 18.5. The van der Waals surface area contributed by atoms with Crippen molar-refractivity contribution in [2.75, 3.05) is 13.1 Å². The van der Waals surface area contributed by atoms with Gasteiger partial charge in [-0.1, -0.05) is 35.9 Å². The van der Waals surface area contributed by atoms with Crippen LogP contribution in [0.25, 0.3) is 0 Å². The molecule has 1 saturated heterocycles. The molecule has 5 nitrogen and oxygen atoms in total. The molecule has 26 heavy (non-hydrogen) atoms. The number of rotatable bonds is 6. The monoisotopic (exact) mass is 353 g/mol. The average Bonchev–Trinajstić information content (AvgIpc) is 2.59. The third-order valence-electron chi connectivity index (χ3n) is 4.83. The number of carbonyl (C=O) groups excluding carboxylic acids is 1. The number of nitrogens with one attached hydrogen (secondary N) is 1. The first-order valence-electron chi connectivity index (χ1n) is 9.17. The van der Waals surface area contributed by atoms with E-state index in [4.69, 9.17) is 0 Å². The second-order valence-corrected chi connectivity index (χ2v) is 7.22. The molecule has 138 valence electrons. The molecule has 1 atom stereocenters. The molecule has 0 saturated carbocycles. The lowest BCUT2D eigenvalue weighted by Gasteiger charge is -2.38. The van der Waals surface area contributed by atoms with Gasteiger partial charge in [0.05, 0.1) is 5.69 Å². The minimum Gasteiger partial charge on any atom is -0.379 e. The summed E-state index contributed by atoms with van der Waals surface area (Å²) in [6.07, 6.45) is 1.29. The van der Waals surface area contributed by atoms with Crippen molar-refractivity contribution in [3.05, 3.63) is 65.0 Å². The second kappa shape index (κ2) is 7.98. The van der Waals surface area contributed by atoms with Gasteiger partial charge in [0.1, 0.15) is 0 Å². The van der Waals surface area contributed by atoms with Crippen molar-refractivity contribution in [2.45, 2.75) is 45.4 Å². The Morgan fingerprint density at radius 2 is 2.04 bits per heavy atom. The Labute approximate surface area is 155 Å². The fraction of sp³-hybridized carbons (Fsp3) is 0.429. The van der Waals surface area contributed by atoms with E-state index in [9.17, 15) is 9.90 Å². The number of aliphatic hydroxyl groups is 1. The van der Waals surface area contributed by atoms with Gasteiger partial charge >= 0.3 is 0 Å². The smallest absolute Gasteiger partial charge is 0.256 e. The number of aromatic nitrogens is 1. The van der Waals surface area contributed by atoms with Gasteiger partial charge in [0, 0.05) is 31.9 Å². The van der Waals surface area contributed by atoms with Gasteiger partial charge < -0.3 is 15.3 Å². The van der Waals surface area contributed by atoms with Gasteiger partial charge in [-0.25, -0.2) is 0 Å². The fourth-order valence-corrected chi connectivity index (χ4v) is 3.51. The van der Waals surface area contributed by atoms with Gasteiger partial charge in [-0.2, -0.15) is 0 Å². The number of carbonyl (C=O) groups is 1. The Bertz CT molecular complexity index is 777. The molecule has 1 fully saturated rings. The van der Waals surface area contributed by atoms with E-state index in [0.717, 1.165) is 23.4 Å². The molecule has 1 aromatic carbocycles. The van der Waals surface area contributed by atoms with Crippen molar-refractivity contribution < 1.29 is 9.90 Å². The van der Waals surface area contributed by atoms with Crippen LogP contribution in [0.3, 0.4) is 0 Å². The van der Waals surface area contributed by atoms with Gasteiger partial charge in [0.15, 0.2) is 5.60 Å². The first-order chi connectivity index (χ1) is 12.5. The number of pyridine rings is 1. The maximum Gasteiger partial charge on any atom is 0.256 e. The molecule has 2 aromatic rings. The summed E-state index contributed by atoms with van der Waals surface area (Å²) in [4.78, 5) is 19.1. The number of likely N-dealkylation sites (tertiary alicyclic amines) is 1. The Morgan fingerprint density at radius 3 is 2.81 bits per heavy atom. The Kier molecular flexibility index (Phi) is 5.69. The minimum absolute atomic E-state index is 0.185. The molecule has 1 unspecified atom stereocenters. The highest BCUT2D eigenvalue weighted by atomic mass is 16.3. The van der Waals surface area contributed by atoms with E-state index < -0.39 is 5.60 Å². The number of amides is 1. The summed E-state index contributed by atoms with van der Waals surface area (Å²) in [5.41, 5.74) is 2.80. The van der Waals surface area contributed by atoms with Gasteiger partial charge in [-0.15, -0.1) is 0 Å². The number of hydrogen-bond donors (Lipinski definition) is 2. The van der Waals surface area contributed by atoms with Crippen LogP contribution in [0.15, 0.2) is 42.5 Å². The Morgan fingerprint density at radius 1 is 1.23 bits per heavy atom. The molecular weight excluding hydrogens is 326 g/mol. The maximum atomic E-state index is 12.9. The molecule has 3 rings (SSSR count). The van der Waals surface area contributed by atoms with Crippen LogP contribution in [0.4, 0.5) is 0 Å².